The fourth-order valence-electron chi connectivity index (χ4n) is 3.21. The summed E-state index contributed by atoms with van der Waals surface area (Å²) in [5, 5.41) is 15.4. The normalized spacial score (nSPS) is 20.2. The van der Waals surface area contributed by atoms with Crippen molar-refractivity contribution in [3.8, 4) is 5.69 Å². The second kappa shape index (κ2) is 4.85. The highest BCUT2D eigenvalue weighted by Gasteiger charge is 2.44. The van der Waals surface area contributed by atoms with Crippen LogP contribution in [0.15, 0.2) is 22.7 Å². The number of amides is 1. The molecule has 2 aliphatic rings. The van der Waals surface area contributed by atoms with Crippen molar-refractivity contribution in [1.82, 2.24) is 30.4 Å². The number of carbonyl (C=O) groups is 1. The Morgan fingerprint density at radius 3 is 2.86 bits per heavy atom. The summed E-state index contributed by atoms with van der Waals surface area (Å²) in [6.45, 7) is 1.79. The van der Waals surface area contributed by atoms with Crippen LogP contribution in [-0.2, 0) is 5.54 Å². The maximum atomic E-state index is 12.7. The average molecular weight is 363 g/mol. The number of nitrogens with zero attached hydrogens (tertiary/aromatic N) is 5. The molecule has 0 atom stereocenters. The summed E-state index contributed by atoms with van der Waals surface area (Å²) in [4.78, 5) is 15.0. The molecule has 114 valence electrons. The van der Waals surface area contributed by atoms with Crippen LogP contribution >= 0.6 is 15.9 Å². The van der Waals surface area contributed by atoms with Gasteiger partial charge in [0.05, 0.1) is 11.3 Å². The number of rotatable bonds is 0. The van der Waals surface area contributed by atoms with Crippen molar-refractivity contribution < 1.29 is 4.79 Å². The molecule has 22 heavy (non-hydrogen) atoms. The standard InChI is InChI=1S/C14H15BrN6O/c1-20-6-4-14(5-7-20)13-17-18-19-21(13)11-3-2-9(15)8-10(11)12(22)16-14/h2-3,8H,4-7H2,1H3,(H,16,22). The number of likely N-dealkylation sites (tertiary alicyclic amines) is 1. The van der Waals surface area contributed by atoms with E-state index in [1.165, 1.54) is 0 Å². The molecule has 0 saturated carbocycles. The SMILES string of the molecule is CN1CCC2(CC1)NC(=O)c1cc(Br)ccc1-n1nnnc12. The monoisotopic (exact) mass is 362 g/mol. The molecule has 1 N–H and O–H groups in total. The number of aromatic nitrogens is 4. The van der Waals surface area contributed by atoms with Gasteiger partial charge in [0, 0.05) is 17.6 Å². The third-order valence-electron chi connectivity index (χ3n) is 4.52. The van der Waals surface area contributed by atoms with Crippen molar-refractivity contribution in [3.05, 3.63) is 34.1 Å². The van der Waals surface area contributed by atoms with Crippen LogP contribution in [0.4, 0.5) is 0 Å². The van der Waals surface area contributed by atoms with Gasteiger partial charge in [0.1, 0.15) is 5.54 Å². The summed E-state index contributed by atoms with van der Waals surface area (Å²) >= 11 is 3.42. The van der Waals surface area contributed by atoms with E-state index in [-0.39, 0.29) is 5.91 Å². The molecule has 4 rings (SSSR count). The van der Waals surface area contributed by atoms with Gasteiger partial charge in [-0.3, -0.25) is 4.79 Å². The van der Waals surface area contributed by atoms with Gasteiger partial charge in [-0.2, -0.15) is 4.68 Å². The number of piperidine rings is 1. The molecule has 7 nitrogen and oxygen atoms in total. The fourth-order valence-corrected chi connectivity index (χ4v) is 3.57. The van der Waals surface area contributed by atoms with Crippen molar-refractivity contribution >= 4 is 21.8 Å². The Morgan fingerprint density at radius 1 is 1.32 bits per heavy atom. The molecule has 1 aromatic carbocycles. The summed E-state index contributed by atoms with van der Waals surface area (Å²) in [5.41, 5.74) is 0.800. The summed E-state index contributed by atoms with van der Waals surface area (Å²) in [6.07, 6.45) is 1.59. The van der Waals surface area contributed by atoms with Gasteiger partial charge in [-0.1, -0.05) is 15.9 Å². The van der Waals surface area contributed by atoms with E-state index < -0.39 is 5.54 Å². The zero-order chi connectivity index (χ0) is 15.3. The van der Waals surface area contributed by atoms with Gasteiger partial charge in [0.25, 0.3) is 5.91 Å². The lowest BCUT2D eigenvalue weighted by molar-refractivity contribution is 0.0820. The van der Waals surface area contributed by atoms with Gasteiger partial charge in [0.15, 0.2) is 5.82 Å². The molecule has 1 saturated heterocycles. The van der Waals surface area contributed by atoms with Crippen LogP contribution in [-0.4, -0.2) is 51.2 Å². The maximum absolute atomic E-state index is 12.7. The fraction of sp³-hybridized carbons (Fsp3) is 0.429. The van der Waals surface area contributed by atoms with Gasteiger partial charge in [-0.05, 0) is 48.5 Å². The second-order valence-corrected chi connectivity index (χ2v) is 6.83. The van der Waals surface area contributed by atoms with Crippen LogP contribution in [0, 0.1) is 0 Å². The molecular weight excluding hydrogens is 348 g/mol. The lowest BCUT2D eigenvalue weighted by Crippen LogP contribution is -2.52. The Labute approximate surface area is 135 Å². The zero-order valence-electron chi connectivity index (χ0n) is 12.1. The number of hydrogen-bond acceptors (Lipinski definition) is 5. The van der Waals surface area contributed by atoms with E-state index >= 15 is 0 Å². The maximum Gasteiger partial charge on any atom is 0.254 e. The van der Waals surface area contributed by atoms with E-state index in [1.807, 2.05) is 18.2 Å². The lowest BCUT2D eigenvalue weighted by atomic mass is 9.86. The molecule has 1 fully saturated rings. The van der Waals surface area contributed by atoms with Crippen LogP contribution < -0.4 is 5.32 Å². The van der Waals surface area contributed by atoms with E-state index in [0.717, 1.165) is 41.9 Å². The number of carbonyl (C=O) groups excluding carboxylic acids is 1. The Bertz CT molecular complexity index is 750. The number of hydrogen-bond donors (Lipinski definition) is 1. The van der Waals surface area contributed by atoms with Gasteiger partial charge < -0.3 is 10.2 Å². The topological polar surface area (TPSA) is 75.9 Å². The van der Waals surface area contributed by atoms with Crippen molar-refractivity contribution in [2.75, 3.05) is 20.1 Å². The number of benzene rings is 1. The van der Waals surface area contributed by atoms with Crippen LogP contribution in [0.25, 0.3) is 5.69 Å². The first-order chi connectivity index (χ1) is 10.6. The van der Waals surface area contributed by atoms with Gasteiger partial charge >= 0.3 is 0 Å². The molecule has 2 aromatic rings. The summed E-state index contributed by atoms with van der Waals surface area (Å²) in [7, 11) is 2.08. The lowest BCUT2D eigenvalue weighted by Gasteiger charge is -2.38. The summed E-state index contributed by atoms with van der Waals surface area (Å²) in [5.74, 6) is 0.628. The molecular formula is C14H15BrN6O. The first-order valence-corrected chi connectivity index (χ1v) is 7.98. The van der Waals surface area contributed by atoms with Crippen LogP contribution in [0.3, 0.4) is 0 Å². The first kappa shape index (κ1) is 13.8. The van der Waals surface area contributed by atoms with E-state index in [4.69, 9.17) is 0 Å². The molecule has 1 aromatic heterocycles. The number of tetrazole rings is 1. The Balaban J connectivity index is 1.90. The summed E-state index contributed by atoms with van der Waals surface area (Å²) in [6, 6.07) is 5.57. The third-order valence-corrected chi connectivity index (χ3v) is 5.02. The smallest absolute Gasteiger partial charge is 0.254 e. The molecule has 8 heteroatoms. The molecule has 3 heterocycles. The minimum atomic E-state index is -0.501. The molecule has 1 amide bonds. The van der Waals surface area contributed by atoms with Crippen molar-refractivity contribution in [2.45, 2.75) is 18.4 Å². The molecule has 2 aliphatic heterocycles. The molecule has 0 radical (unpaired) electrons. The van der Waals surface area contributed by atoms with Gasteiger partial charge in [0.2, 0.25) is 0 Å². The average Bonchev–Trinajstić information content (AvgIpc) is 2.97. The van der Waals surface area contributed by atoms with E-state index in [9.17, 15) is 4.79 Å². The highest BCUT2D eigenvalue weighted by atomic mass is 79.9. The number of nitrogens with one attached hydrogen (secondary N) is 1. The minimum Gasteiger partial charge on any atom is -0.339 e. The molecule has 0 aliphatic carbocycles. The van der Waals surface area contributed by atoms with Crippen LogP contribution in [0.2, 0.25) is 0 Å². The van der Waals surface area contributed by atoms with Crippen molar-refractivity contribution in [3.63, 3.8) is 0 Å². The highest BCUT2D eigenvalue weighted by Crippen LogP contribution is 2.35. The molecule has 0 bridgehead atoms. The second-order valence-electron chi connectivity index (χ2n) is 5.92. The van der Waals surface area contributed by atoms with E-state index in [0.29, 0.717) is 5.56 Å². The van der Waals surface area contributed by atoms with Crippen molar-refractivity contribution in [1.29, 1.82) is 0 Å². The predicted molar refractivity (Wildman–Crippen MR) is 82.7 cm³/mol. The van der Waals surface area contributed by atoms with Gasteiger partial charge in [-0.15, -0.1) is 5.10 Å². The number of halogens is 1. The minimum absolute atomic E-state index is 0.0897. The van der Waals surface area contributed by atoms with Crippen LogP contribution in [0.1, 0.15) is 29.0 Å². The Morgan fingerprint density at radius 2 is 2.09 bits per heavy atom. The van der Waals surface area contributed by atoms with E-state index in [2.05, 4.69) is 48.7 Å². The third kappa shape index (κ3) is 1.98. The Kier molecular flexibility index (Phi) is 3.05. The molecule has 0 unspecified atom stereocenters. The summed E-state index contributed by atoms with van der Waals surface area (Å²) < 4.78 is 2.56. The largest absolute Gasteiger partial charge is 0.339 e. The quantitative estimate of drug-likeness (QED) is 0.759. The van der Waals surface area contributed by atoms with Gasteiger partial charge in [-0.25, -0.2) is 0 Å². The van der Waals surface area contributed by atoms with E-state index in [1.54, 1.807) is 4.68 Å². The molecule has 1 spiro atoms. The highest BCUT2D eigenvalue weighted by molar-refractivity contribution is 9.10. The Hall–Kier alpha value is -1.80. The first-order valence-electron chi connectivity index (χ1n) is 7.19. The van der Waals surface area contributed by atoms with Crippen LogP contribution in [0.5, 0.6) is 0 Å². The predicted octanol–water partition coefficient (Wildman–Crippen LogP) is 1.09. The van der Waals surface area contributed by atoms with Crippen molar-refractivity contribution in [2.24, 2.45) is 0 Å². The number of fused-ring (bicyclic) bond motifs is 4. The zero-order valence-corrected chi connectivity index (χ0v) is 13.7.